The molecule has 2 aromatic rings. The maximum atomic E-state index is 11.4. The number of ether oxygens (including phenoxy) is 2. The lowest BCUT2D eigenvalue weighted by molar-refractivity contribution is -0.141. The van der Waals surface area contributed by atoms with Crippen LogP contribution in [0.15, 0.2) is 28.9 Å². The van der Waals surface area contributed by atoms with E-state index in [1.54, 1.807) is 25.3 Å². The average molecular weight is 245 g/mol. The molecule has 0 atom stereocenters. The average Bonchev–Trinajstić information content (AvgIpc) is 2.78. The number of benzene rings is 1. The smallest absolute Gasteiger partial charge is 0.311 e. The number of esters is 1. The van der Waals surface area contributed by atoms with Gasteiger partial charge in [-0.15, -0.1) is 0 Å². The lowest BCUT2D eigenvalue weighted by Crippen LogP contribution is -2.07. The molecule has 0 aliphatic heterocycles. The fourth-order valence-electron chi connectivity index (χ4n) is 1.65. The molecule has 1 heterocycles. The predicted octanol–water partition coefficient (Wildman–Crippen LogP) is 2.05. The minimum Gasteiger partial charge on any atom is -0.497 e. The lowest BCUT2D eigenvalue weighted by Gasteiger charge is -2.00. The van der Waals surface area contributed by atoms with E-state index in [1.807, 2.05) is 6.07 Å². The Balaban J connectivity index is 2.19. The minimum atomic E-state index is -0.449. The van der Waals surface area contributed by atoms with Crippen LogP contribution < -0.4 is 4.74 Å². The molecule has 0 unspecified atom stereocenters. The molecule has 5 nitrogen and oxygen atoms in total. The first kappa shape index (κ1) is 12.0. The molecular formula is C13H11NO4. The highest BCUT2D eigenvalue weighted by atomic mass is 16.5. The fourth-order valence-corrected chi connectivity index (χ4v) is 1.65. The number of nitrogens with zero attached hydrogens (tertiary/aromatic N) is 1. The maximum absolute atomic E-state index is 11.4. The van der Waals surface area contributed by atoms with Gasteiger partial charge in [0.05, 0.1) is 19.8 Å². The summed E-state index contributed by atoms with van der Waals surface area (Å²) >= 11 is 0. The summed E-state index contributed by atoms with van der Waals surface area (Å²) < 4.78 is 15.1. The zero-order valence-electron chi connectivity index (χ0n) is 9.80. The van der Waals surface area contributed by atoms with Crippen molar-refractivity contribution in [2.75, 3.05) is 13.7 Å². The predicted molar refractivity (Wildman–Crippen MR) is 63.0 cm³/mol. The highest BCUT2D eigenvalue weighted by Gasteiger charge is 2.11. The van der Waals surface area contributed by atoms with Gasteiger partial charge in [-0.25, -0.2) is 0 Å². The molecule has 0 spiro atoms. The molecule has 0 amide bonds. The Morgan fingerprint density at radius 1 is 1.50 bits per heavy atom. The first-order valence-corrected chi connectivity index (χ1v) is 5.31. The van der Waals surface area contributed by atoms with Gasteiger partial charge >= 0.3 is 5.97 Å². The maximum Gasteiger partial charge on any atom is 0.311 e. The number of furan rings is 1. The van der Waals surface area contributed by atoms with Crippen LogP contribution in [0.5, 0.6) is 5.75 Å². The molecule has 5 heteroatoms. The van der Waals surface area contributed by atoms with Crippen LogP contribution in [0.25, 0.3) is 11.0 Å². The number of nitriles is 1. The van der Waals surface area contributed by atoms with Crippen molar-refractivity contribution in [2.24, 2.45) is 0 Å². The van der Waals surface area contributed by atoms with Gasteiger partial charge in [-0.05, 0) is 12.1 Å². The second-order valence-electron chi connectivity index (χ2n) is 3.62. The quantitative estimate of drug-likeness (QED) is 0.771. The van der Waals surface area contributed by atoms with Crippen LogP contribution in [0.2, 0.25) is 0 Å². The number of carbonyl (C=O) groups is 1. The molecule has 2 rings (SSSR count). The van der Waals surface area contributed by atoms with Gasteiger partial charge in [0, 0.05) is 17.0 Å². The van der Waals surface area contributed by atoms with E-state index in [4.69, 9.17) is 19.2 Å². The first-order chi connectivity index (χ1) is 8.74. The van der Waals surface area contributed by atoms with E-state index in [2.05, 4.69) is 0 Å². The van der Waals surface area contributed by atoms with E-state index < -0.39 is 5.97 Å². The van der Waals surface area contributed by atoms with Crippen molar-refractivity contribution in [1.82, 2.24) is 0 Å². The topological polar surface area (TPSA) is 72.5 Å². The van der Waals surface area contributed by atoms with Crippen LogP contribution in [-0.4, -0.2) is 19.7 Å². The van der Waals surface area contributed by atoms with Gasteiger partial charge in [0.2, 0.25) is 0 Å². The van der Waals surface area contributed by atoms with E-state index in [1.165, 1.54) is 6.26 Å². The molecule has 0 aliphatic rings. The van der Waals surface area contributed by atoms with Crippen molar-refractivity contribution >= 4 is 16.9 Å². The summed E-state index contributed by atoms with van der Waals surface area (Å²) in [5.41, 5.74) is 1.38. The Labute approximate surface area is 104 Å². The van der Waals surface area contributed by atoms with Gasteiger partial charge in [-0.3, -0.25) is 4.79 Å². The zero-order chi connectivity index (χ0) is 13.0. The van der Waals surface area contributed by atoms with Crippen molar-refractivity contribution in [1.29, 1.82) is 5.26 Å². The highest BCUT2D eigenvalue weighted by Crippen LogP contribution is 2.25. The second-order valence-corrected chi connectivity index (χ2v) is 3.62. The SMILES string of the molecule is COc1ccc2c(CC(=O)OCC#N)coc2c1. The first-order valence-electron chi connectivity index (χ1n) is 5.31. The third-order valence-electron chi connectivity index (χ3n) is 2.50. The Morgan fingerprint density at radius 2 is 2.33 bits per heavy atom. The fraction of sp³-hybridized carbons (Fsp3) is 0.231. The van der Waals surface area contributed by atoms with Crippen LogP contribution in [-0.2, 0) is 16.0 Å². The summed E-state index contributed by atoms with van der Waals surface area (Å²) in [6.45, 7) is -0.234. The van der Waals surface area contributed by atoms with Gasteiger partial charge in [-0.1, -0.05) is 0 Å². The molecule has 0 saturated heterocycles. The number of rotatable bonds is 4. The lowest BCUT2D eigenvalue weighted by atomic mass is 10.1. The molecule has 0 N–H and O–H groups in total. The van der Waals surface area contributed by atoms with E-state index in [0.29, 0.717) is 11.3 Å². The molecule has 0 aliphatic carbocycles. The molecule has 0 fully saturated rings. The van der Waals surface area contributed by atoms with Crippen molar-refractivity contribution in [3.63, 3.8) is 0 Å². The standard InChI is InChI=1S/C13H11NO4/c1-16-10-2-3-11-9(8-18-12(11)7-10)6-13(15)17-5-4-14/h2-3,7-8H,5-6H2,1H3. The van der Waals surface area contributed by atoms with E-state index in [9.17, 15) is 4.79 Å². The molecule has 18 heavy (non-hydrogen) atoms. The van der Waals surface area contributed by atoms with Crippen LogP contribution >= 0.6 is 0 Å². The van der Waals surface area contributed by atoms with Gasteiger partial charge in [0.15, 0.2) is 6.61 Å². The second kappa shape index (κ2) is 5.23. The molecule has 0 radical (unpaired) electrons. The molecule has 92 valence electrons. The van der Waals surface area contributed by atoms with E-state index in [-0.39, 0.29) is 13.0 Å². The summed E-state index contributed by atoms with van der Waals surface area (Å²) in [5, 5.41) is 9.15. The van der Waals surface area contributed by atoms with Crippen LogP contribution in [0.3, 0.4) is 0 Å². The molecule has 0 bridgehead atoms. The van der Waals surface area contributed by atoms with Gasteiger partial charge in [0.1, 0.15) is 17.4 Å². The van der Waals surface area contributed by atoms with Crippen molar-refractivity contribution in [3.8, 4) is 11.8 Å². The summed E-state index contributed by atoms with van der Waals surface area (Å²) in [4.78, 5) is 11.4. The van der Waals surface area contributed by atoms with Crippen LogP contribution in [0.1, 0.15) is 5.56 Å². The largest absolute Gasteiger partial charge is 0.497 e. The zero-order valence-corrected chi connectivity index (χ0v) is 9.80. The third kappa shape index (κ3) is 2.43. The Bertz CT molecular complexity index is 609. The van der Waals surface area contributed by atoms with E-state index in [0.717, 1.165) is 10.9 Å². The number of fused-ring (bicyclic) bond motifs is 1. The van der Waals surface area contributed by atoms with Crippen molar-refractivity contribution in [3.05, 3.63) is 30.0 Å². The Kier molecular flexibility index (Phi) is 3.49. The van der Waals surface area contributed by atoms with Crippen molar-refractivity contribution in [2.45, 2.75) is 6.42 Å². The Morgan fingerprint density at radius 3 is 3.06 bits per heavy atom. The number of hydrogen-bond acceptors (Lipinski definition) is 5. The van der Waals surface area contributed by atoms with E-state index >= 15 is 0 Å². The Hall–Kier alpha value is -2.48. The summed E-state index contributed by atoms with van der Waals surface area (Å²) in [6.07, 6.45) is 1.60. The number of methoxy groups -OCH3 is 1. The normalized spacial score (nSPS) is 10.0. The van der Waals surface area contributed by atoms with Crippen molar-refractivity contribution < 1.29 is 18.7 Å². The summed E-state index contributed by atoms with van der Waals surface area (Å²) in [6, 6.07) is 7.11. The molecule has 1 aromatic carbocycles. The molecule has 1 aromatic heterocycles. The minimum absolute atomic E-state index is 0.0843. The molecule has 0 saturated carbocycles. The van der Waals surface area contributed by atoms with Gasteiger partial charge < -0.3 is 13.9 Å². The monoisotopic (exact) mass is 245 g/mol. The summed E-state index contributed by atoms with van der Waals surface area (Å²) in [5.74, 6) is 0.241. The number of hydrogen-bond donors (Lipinski definition) is 0. The van der Waals surface area contributed by atoms with Gasteiger partial charge in [0.25, 0.3) is 0 Å². The third-order valence-corrected chi connectivity index (χ3v) is 2.50. The molecular weight excluding hydrogens is 234 g/mol. The van der Waals surface area contributed by atoms with Crippen LogP contribution in [0, 0.1) is 11.3 Å². The van der Waals surface area contributed by atoms with Gasteiger partial charge in [-0.2, -0.15) is 5.26 Å². The highest BCUT2D eigenvalue weighted by molar-refractivity contribution is 5.86. The number of carbonyl (C=O) groups excluding carboxylic acids is 1. The summed E-state index contributed by atoms with van der Waals surface area (Å²) in [7, 11) is 1.57. The van der Waals surface area contributed by atoms with Crippen LogP contribution in [0.4, 0.5) is 0 Å².